The molecule has 1 atom stereocenters. The molecule has 1 fully saturated rings. The Morgan fingerprint density at radius 3 is 2.54 bits per heavy atom. The predicted octanol–water partition coefficient (Wildman–Crippen LogP) is 5.05. The monoisotopic (exact) mass is 410 g/mol. The fourth-order valence-corrected chi connectivity index (χ4v) is 5.27. The van der Waals surface area contributed by atoms with E-state index in [2.05, 4.69) is 28.5 Å². The van der Waals surface area contributed by atoms with Crippen molar-refractivity contribution in [3.8, 4) is 0 Å². The molecule has 1 amide bonds. The average Bonchev–Trinajstić information content (AvgIpc) is 3.40. The minimum Gasteiger partial charge on any atom is -0.341 e. The van der Waals surface area contributed by atoms with Gasteiger partial charge in [-0.05, 0) is 37.0 Å². The van der Waals surface area contributed by atoms with Gasteiger partial charge in [-0.25, -0.2) is 0 Å². The van der Waals surface area contributed by atoms with Crippen LogP contribution in [0, 0.1) is 6.92 Å². The van der Waals surface area contributed by atoms with Crippen molar-refractivity contribution in [1.82, 2.24) is 15.1 Å². The van der Waals surface area contributed by atoms with E-state index in [0.717, 1.165) is 52.2 Å². The number of aryl methyl sites for hydroxylation is 1. The van der Waals surface area contributed by atoms with Crippen molar-refractivity contribution < 1.29 is 4.79 Å². The number of likely N-dealkylation sites (tertiary alicyclic amines) is 1. The highest BCUT2D eigenvalue weighted by Gasteiger charge is 2.29. The fourth-order valence-electron chi connectivity index (χ4n) is 3.23. The van der Waals surface area contributed by atoms with Crippen LogP contribution in [-0.4, -0.2) is 34.1 Å². The average molecular weight is 411 g/mol. The van der Waals surface area contributed by atoms with Crippen molar-refractivity contribution in [2.75, 3.05) is 18.4 Å². The normalized spacial score (nSPS) is 14.8. The zero-order chi connectivity index (χ0) is 19.3. The lowest BCUT2D eigenvalue weighted by Crippen LogP contribution is -2.31. The van der Waals surface area contributed by atoms with Crippen molar-refractivity contribution in [1.29, 1.82) is 0 Å². The number of para-hydroxylation sites is 1. The lowest BCUT2D eigenvalue weighted by Gasteiger charge is -2.22. The summed E-state index contributed by atoms with van der Waals surface area (Å²) in [5.41, 5.74) is 3.18. The Kier molecular flexibility index (Phi) is 5.92. The van der Waals surface area contributed by atoms with Crippen LogP contribution < -0.4 is 5.32 Å². The molecule has 1 aliphatic rings. The summed E-state index contributed by atoms with van der Waals surface area (Å²) in [7, 11) is 0. The van der Waals surface area contributed by atoms with Gasteiger partial charge < -0.3 is 10.2 Å². The van der Waals surface area contributed by atoms with E-state index >= 15 is 0 Å². The first-order chi connectivity index (χ1) is 13.7. The summed E-state index contributed by atoms with van der Waals surface area (Å²) < 4.78 is 0.789. The highest BCUT2D eigenvalue weighted by molar-refractivity contribution is 8.01. The molecular weight excluding hydrogens is 388 g/mol. The van der Waals surface area contributed by atoms with Gasteiger partial charge >= 0.3 is 0 Å². The quantitative estimate of drug-likeness (QED) is 0.577. The number of amides is 1. The van der Waals surface area contributed by atoms with Gasteiger partial charge in [-0.2, -0.15) is 0 Å². The maximum atomic E-state index is 13.1. The van der Waals surface area contributed by atoms with E-state index in [1.54, 1.807) is 0 Å². The molecule has 7 heteroatoms. The van der Waals surface area contributed by atoms with E-state index in [1.165, 1.54) is 23.1 Å². The van der Waals surface area contributed by atoms with E-state index < -0.39 is 0 Å². The molecule has 1 aliphatic heterocycles. The van der Waals surface area contributed by atoms with Crippen LogP contribution in [0.4, 0.5) is 10.8 Å². The number of nitrogens with zero attached hydrogens (tertiary/aromatic N) is 3. The Morgan fingerprint density at radius 1 is 1.07 bits per heavy atom. The summed E-state index contributed by atoms with van der Waals surface area (Å²) in [5, 5.41) is 12.3. The maximum Gasteiger partial charge on any atom is 0.240 e. The molecule has 2 aromatic carbocycles. The number of carbonyl (C=O) groups is 1. The highest BCUT2D eigenvalue weighted by Crippen LogP contribution is 2.40. The van der Waals surface area contributed by atoms with Crippen LogP contribution in [-0.2, 0) is 4.79 Å². The first kappa shape index (κ1) is 19.0. The van der Waals surface area contributed by atoms with E-state index in [-0.39, 0.29) is 11.2 Å². The molecule has 0 bridgehead atoms. The van der Waals surface area contributed by atoms with E-state index in [4.69, 9.17) is 0 Å². The SMILES string of the molecule is Cc1ccccc1Nc1nnc(S[C@@H](C(=O)N2CCCC2)c2ccccc2)s1. The van der Waals surface area contributed by atoms with Crippen molar-refractivity contribution in [3.05, 3.63) is 65.7 Å². The van der Waals surface area contributed by atoms with Gasteiger partial charge in [0.05, 0.1) is 0 Å². The van der Waals surface area contributed by atoms with Gasteiger partial charge in [0.15, 0.2) is 4.34 Å². The van der Waals surface area contributed by atoms with Crippen molar-refractivity contribution in [3.63, 3.8) is 0 Å². The number of benzene rings is 2. The third kappa shape index (κ3) is 4.36. The Bertz CT molecular complexity index is 938. The Labute approximate surface area is 173 Å². The van der Waals surface area contributed by atoms with Crippen LogP contribution in [0.3, 0.4) is 0 Å². The Balaban J connectivity index is 1.53. The number of hydrogen-bond donors (Lipinski definition) is 1. The van der Waals surface area contributed by atoms with Gasteiger partial charge in [-0.15, -0.1) is 10.2 Å². The van der Waals surface area contributed by atoms with Crippen LogP contribution in [0.15, 0.2) is 58.9 Å². The van der Waals surface area contributed by atoms with Gasteiger partial charge in [-0.1, -0.05) is 71.6 Å². The minimum atomic E-state index is -0.293. The predicted molar refractivity (Wildman–Crippen MR) is 115 cm³/mol. The molecule has 2 heterocycles. The second-order valence-electron chi connectivity index (χ2n) is 6.75. The summed E-state index contributed by atoms with van der Waals surface area (Å²) in [6.45, 7) is 3.75. The summed E-state index contributed by atoms with van der Waals surface area (Å²) >= 11 is 2.96. The van der Waals surface area contributed by atoms with Gasteiger partial charge in [0, 0.05) is 18.8 Å². The van der Waals surface area contributed by atoms with Crippen LogP contribution in [0.25, 0.3) is 0 Å². The molecule has 4 rings (SSSR count). The zero-order valence-corrected chi connectivity index (χ0v) is 17.3. The van der Waals surface area contributed by atoms with E-state index in [0.29, 0.717) is 0 Å². The molecule has 0 radical (unpaired) electrons. The molecule has 3 aromatic rings. The lowest BCUT2D eigenvalue weighted by molar-refractivity contribution is -0.129. The molecule has 5 nitrogen and oxygen atoms in total. The van der Waals surface area contributed by atoms with Crippen molar-refractivity contribution >= 4 is 39.8 Å². The lowest BCUT2D eigenvalue weighted by atomic mass is 10.1. The number of hydrogen-bond acceptors (Lipinski definition) is 6. The van der Waals surface area contributed by atoms with Gasteiger partial charge in [0.1, 0.15) is 5.25 Å². The van der Waals surface area contributed by atoms with Crippen molar-refractivity contribution in [2.45, 2.75) is 29.4 Å². The second kappa shape index (κ2) is 8.75. The Morgan fingerprint density at radius 2 is 1.79 bits per heavy atom. The highest BCUT2D eigenvalue weighted by atomic mass is 32.2. The molecule has 28 heavy (non-hydrogen) atoms. The Hall–Kier alpha value is -2.38. The van der Waals surface area contributed by atoms with Crippen LogP contribution in [0.5, 0.6) is 0 Å². The third-order valence-corrected chi connectivity index (χ3v) is 6.92. The molecule has 144 valence electrons. The van der Waals surface area contributed by atoms with Gasteiger partial charge in [-0.3, -0.25) is 4.79 Å². The summed E-state index contributed by atoms with van der Waals surface area (Å²) in [5.74, 6) is 0.164. The zero-order valence-electron chi connectivity index (χ0n) is 15.7. The molecule has 1 aromatic heterocycles. The molecule has 1 N–H and O–H groups in total. The number of thioether (sulfide) groups is 1. The summed E-state index contributed by atoms with van der Waals surface area (Å²) in [4.78, 5) is 15.1. The van der Waals surface area contributed by atoms with Gasteiger partial charge in [0.2, 0.25) is 11.0 Å². The summed E-state index contributed by atoms with van der Waals surface area (Å²) in [6, 6.07) is 18.0. The topological polar surface area (TPSA) is 58.1 Å². The number of anilines is 2. The van der Waals surface area contributed by atoms with Crippen LogP contribution >= 0.6 is 23.1 Å². The number of carbonyl (C=O) groups excluding carboxylic acids is 1. The van der Waals surface area contributed by atoms with Crippen molar-refractivity contribution in [2.24, 2.45) is 0 Å². The second-order valence-corrected chi connectivity index (χ2v) is 9.08. The molecule has 0 spiro atoms. The molecule has 1 saturated heterocycles. The minimum absolute atomic E-state index is 0.164. The first-order valence-electron chi connectivity index (χ1n) is 9.37. The molecule has 0 saturated carbocycles. The standard InChI is InChI=1S/C21H22N4OS2/c1-15-9-5-6-12-17(15)22-20-23-24-21(28-20)27-18(16-10-3-2-4-11-16)19(26)25-13-7-8-14-25/h2-6,9-12,18H,7-8,13-14H2,1H3,(H,22,23)/t18-/m1/s1. The largest absolute Gasteiger partial charge is 0.341 e. The fraction of sp³-hybridized carbons (Fsp3) is 0.286. The maximum absolute atomic E-state index is 13.1. The molecule has 0 aliphatic carbocycles. The number of rotatable bonds is 6. The molecule has 0 unspecified atom stereocenters. The summed E-state index contributed by atoms with van der Waals surface area (Å²) in [6.07, 6.45) is 2.17. The number of nitrogens with one attached hydrogen (secondary N) is 1. The van der Waals surface area contributed by atoms with Gasteiger partial charge in [0.25, 0.3) is 0 Å². The first-order valence-corrected chi connectivity index (χ1v) is 11.1. The molecular formula is C21H22N4OS2. The van der Waals surface area contributed by atoms with Crippen LogP contribution in [0.2, 0.25) is 0 Å². The third-order valence-electron chi connectivity index (χ3n) is 4.76. The van der Waals surface area contributed by atoms with Crippen LogP contribution in [0.1, 0.15) is 29.2 Å². The van der Waals surface area contributed by atoms with E-state index in [1.807, 2.05) is 53.4 Å². The number of aromatic nitrogens is 2. The van der Waals surface area contributed by atoms with E-state index in [9.17, 15) is 4.79 Å². The smallest absolute Gasteiger partial charge is 0.240 e.